The average Bonchev–Trinajstić information content (AvgIpc) is 2.84. The molecular weight excluding hydrogens is 334 g/mol. The Labute approximate surface area is 134 Å². The first-order chi connectivity index (χ1) is 9.93. The van der Waals surface area contributed by atoms with E-state index in [0.717, 1.165) is 5.56 Å². The van der Waals surface area contributed by atoms with Crippen molar-refractivity contribution in [2.45, 2.75) is 45.2 Å². The Hall–Kier alpha value is -0.910. The van der Waals surface area contributed by atoms with Gasteiger partial charge in [0.25, 0.3) is 0 Å². The van der Waals surface area contributed by atoms with E-state index in [2.05, 4.69) is 15.9 Å². The van der Waals surface area contributed by atoms with E-state index >= 15 is 0 Å². The zero-order valence-electron chi connectivity index (χ0n) is 12.7. The molecule has 0 N–H and O–H groups in total. The molecule has 116 valence electrons. The summed E-state index contributed by atoms with van der Waals surface area (Å²) in [5.74, 6) is -0.519. The molecule has 1 unspecified atom stereocenters. The molecule has 0 radical (unpaired) electrons. The Bertz CT molecular complexity index is 478. The summed E-state index contributed by atoms with van der Waals surface area (Å²) in [5.41, 5.74) is 1.11. The summed E-state index contributed by atoms with van der Waals surface area (Å²) in [4.78, 5) is 14.1. The molecule has 1 heterocycles. The smallest absolute Gasteiger partial charge is 0.233 e. The molecule has 1 amide bonds. The molecule has 1 fully saturated rings. The lowest BCUT2D eigenvalue weighted by atomic mass is 10.1. The third kappa shape index (κ3) is 4.28. The number of nitrogens with zero attached hydrogens (tertiary/aromatic N) is 1. The number of rotatable bonds is 5. The second-order valence-electron chi connectivity index (χ2n) is 5.75. The monoisotopic (exact) mass is 355 g/mol. The van der Waals surface area contributed by atoms with E-state index in [4.69, 9.17) is 9.47 Å². The highest BCUT2D eigenvalue weighted by Gasteiger charge is 2.38. The zero-order valence-corrected chi connectivity index (χ0v) is 14.3. The summed E-state index contributed by atoms with van der Waals surface area (Å²) in [6.45, 7) is 6.89. The first-order valence-electron chi connectivity index (χ1n) is 7.14. The summed E-state index contributed by atoms with van der Waals surface area (Å²) in [7, 11) is 0. The van der Waals surface area contributed by atoms with Crippen LogP contribution in [0.3, 0.4) is 0 Å². The lowest BCUT2D eigenvalue weighted by Gasteiger charge is -2.32. The number of carbonyl (C=O) groups is 1. The molecule has 1 aliphatic heterocycles. The molecule has 2 atom stereocenters. The highest BCUT2D eigenvalue weighted by Crippen LogP contribution is 2.27. The van der Waals surface area contributed by atoms with E-state index in [-0.39, 0.29) is 18.1 Å². The molecule has 0 saturated carbocycles. The average molecular weight is 356 g/mol. The molecule has 1 aromatic carbocycles. The summed E-state index contributed by atoms with van der Waals surface area (Å²) >= 11 is 3.26. The van der Waals surface area contributed by atoms with Crippen LogP contribution in [0.2, 0.25) is 0 Å². The normalized spacial score (nSPS) is 22.0. The summed E-state index contributed by atoms with van der Waals surface area (Å²) < 4.78 is 11.5. The van der Waals surface area contributed by atoms with Gasteiger partial charge in [0, 0.05) is 6.54 Å². The number of ether oxygens (including phenoxy) is 2. The van der Waals surface area contributed by atoms with Crippen molar-refractivity contribution in [3.63, 3.8) is 0 Å². The first kappa shape index (κ1) is 16.5. The van der Waals surface area contributed by atoms with Gasteiger partial charge in [-0.2, -0.15) is 0 Å². The Morgan fingerprint density at radius 2 is 2.10 bits per heavy atom. The molecule has 0 spiro atoms. The fourth-order valence-corrected chi connectivity index (χ4v) is 2.79. The van der Waals surface area contributed by atoms with Crippen molar-refractivity contribution in [1.29, 1.82) is 0 Å². The van der Waals surface area contributed by atoms with Gasteiger partial charge in [0.05, 0.1) is 18.0 Å². The predicted molar refractivity (Wildman–Crippen MR) is 85.2 cm³/mol. The van der Waals surface area contributed by atoms with Gasteiger partial charge in [0.1, 0.15) is 6.10 Å². The van der Waals surface area contributed by atoms with Crippen molar-refractivity contribution in [2.24, 2.45) is 0 Å². The van der Waals surface area contributed by atoms with Crippen molar-refractivity contribution >= 4 is 21.8 Å². The Kier molecular flexibility index (Phi) is 5.41. The zero-order chi connectivity index (χ0) is 15.5. The predicted octanol–water partition coefficient (Wildman–Crippen LogP) is 2.95. The molecule has 0 aromatic heterocycles. The highest BCUT2D eigenvalue weighted by molar-refractivity contribution is 9.09. The van der Waals surface area contributed by atoms with Gasteiger partial charge in [0.15, 0.2) is 5.79 Å². The maximum Gasteiger partial charge on any atom is 0.233 e. The lowest BCUT2D eigenvalue weighted by molar-refractivity contribution is -0.152. The van der Waals surface area contributed by atoms with Crippen molar-refractivity contribution < 1.29 is 14.3 Å². The third-order valence-electron chi connectivity index (χ3n) is 3.69. The van der Waals surface area contributed by atoms with E-state index in [1.807, 2.05) is 56.0 Å². The van der Waals surface area contributed by atoms with Crippen LogP contribution < -0.4 is 0 Å². The number of benzene rings is 1. The topological polar surface area (TPSA) is 38.8 Å². The highest BCUT2D eigenvalue weighted by atomic mass is 79.9. The fraction of sp³-hybridized carbons (Fsp3) is 0.562. The van der Waals surface area contributed by atoms with Gasteiger partial charge in [-0.1, -0.05) is 46.3 Å². The van der Waals surface area contributed by atoms with Gasteiger partial charge in [-0.25, -0.2) is 0 Å². The van der Waals surface area contributed by atoms with Crippen molar-refractivity contribution in [3.05, 3.63) is 35.9 Å². The van der Waals surface area contributed by atoms with Crippen LogP contribution >= 0.6 is 15.9 Å². The van der Waals surface area contributed by atoms with Gasteiger partial charge in [-0.3, -0.25) is 4.79 Å². The van der Waals surface area contributed by atoms with Crippen LogP contribution in [0.1, 0.15) is 26.3 Å². The maximum absolute atomic E-state index is 12.3. The van der Waals surface area contributed by atoms with Crippen molar-refractivity contribution in [2.75, 3.05) is 11.9 Å². The minimum absolute atomic E-state index is 0.0444. The number of hydrogen-bond donors (Lipinski definition) is 0. The van der Waals surface area contributed by atoms with E-state index in [1.54, 1.807) is 0 Å². The first-order valence-corrected chi connectivity index (χ1v) is 8.26. The van der Waals surface area contributed by atoms with Crippen LogP contribution in [0.4, 0.5) is 0 Å². The summed E-state index contributed by atoms with van der Waals surface area (Å²) in [6, 6.07) is 9.94. The standard InChI is InChI=1S/C16H22BrNO3/c1-12(14-11-20-16(2,3)21-14)18(15(19)9-17)10-13-7-5-4-6-8-13/h4-8,12,14H,9-11H2,1-3H3/t12?,14-/m1/s1. The van der Waals surface area contributed by atoms with Crippen LogP contribution in [0.5, 0.6) is 0 Å². The Morgan fingerprint density at radius 1 is 1.43 bits per heavy atom. The lowest BCUT2D eigenvalue weighted by Crippen LogP contribution is -2.46. The molecule has 21 heavy (non-hydrogen) atoms. The minimum Gasteiger partial charge on any atom is -0.348 e. The van der Waals surface area contributed by atoms with Crippen LogP contribution in [0.25, 0.3) is 0 Å². The Morgan fingerprint density at radius 3 is 2.62 bits per heavy atom. The van der Waals surface area contributed by atoms with E-state index in [1.165, 1.54) is 0 Å². The van der Waals surface area contributed by atoms with Crippen molar-refractivity contribution in [1.82, 2.24) is 4.90 Å². The molecular formula is C16H22BrNO3. The maximum atomic E-state index is 12.3. The summed E-state index contributed by atoms with van der Waals surface area (Å²) in [5, 5.41) is 0.307. The molecule has 1 saturated heterocycles. The quantitative estimate of drug-likeness (QED) is 0.762. The van der Waals surface area contributed by atoms with Crippen LogP contribution in [-0.4, -0.2) is 40.7 Å². The third-order valence-corrected chi connectivity index (χ3v) is 4.17. The molecule has 1 aliphatic rings. The van der Waals surface area contributed by atoms with Crippen LogP contribution in [-0.2, 0) is 20.8 Å². The van der Waals surface area contributed by atoms with E-state index < -0.39 is 5.79 Å². The molecule has 2 rings (SSSR count). The van der Waals surface area contributed by atoms with Crippen molar-refractivity contribution in [3.8, 4) is 0 Å². The number of alkyl halides is 1. The second-order valence-corrected chi connectivity index (χ2v) is 6.31. The SMILES string of the molecule is CC([C@H]1COC(C)(C)O1)N(Cc1ccccc1)C(=O)CBr. The van der Waals surface area contributed by atoms with Gasteiger partial charge < -0.3 is 14.4 Å². The number of hydrogen-bond acceptors (Lipinski definition) is 3. The van der Waals surface area contributed by atoms with Crippen LogP contribution in [0.15, 0.2) is 30.3 Å². The summed E-state index contributed by atoms with van der Waals surface area (Å²) in [6.07, 6.45) is -0.105. The molecule has 4 nitrogen and oxygen atoms in total. The second kappa shape index (κ2) is 6.90. The van der Waals surface area contributed by atoms with E-state index in [0.29, 0.717) is 18.5 Å². The number of amides is 1. The molecule has 0 bridgehead atoms. The number of halogens is 1. The van der Waals surface area contributed by atoms with E-state index in [9.17, 15) is 4.79 Å². The molecule has 5 heteroatoms. The fourth-order valence-electron chi connectivity index (χ4n) is 2.47. The molecule has 0 aliphatic carbocycles. The van der Waals surface area contributed by atoms with Gasteiger partial charge >= 0.3 is 0 Å². The largest absolute Gasteiger partial charge is 0.348 e. The Balaban J connectivity index is 2.11. The number of carbonyl (C=O) groups excluding carboxylic acids is 1. The minimum atomic E-state index is -0.575. The molecule has 1 aromatic rings. The van der Waals surface area contributed by atoms with Gasteiger partial charge in [0.2, 0.25) is 5.91 Å². The van der Waals surface area contributed by atoms with Crippen LogP contribution in [0, 0.1) is 0 Å². The van der Waals surface area contributed by atoms with Gasteiger partial charge in [-0.05, 0) is 26.3 Å². The van der Waals surface area contributed by atoms with Gasteiger partial charge in [-0.15, -0.1) is 0 Å².